The van der Waals surface area contributed by atoms with Gasteiger partial charge in [0.25, 0.3) is 12.3 Å². The van der Waals surface area contributed by atoms with Crippen molar-refractivity contribution < 1.29 is 18.7 Å². The molecule has 0 aliphatic heterocycles. The fourth-order valence-corrected chi connectivity index (χ4v) is 1.88. The summed E-state index contributed by atoms with van der Waals surface area (Å²) in [6.45, 7) is -0.495. The summed E-state index contributed by atoms with van der Waals surface area (Å²) in [5, 5.41) is 12.8. The summed E-state index contributed by atoms with van der Waals surface area (Å²) in [6.07, 6.45) is -4.73. The highest BCUT2D eigenvalue weighted by Crippen LogP contribution is 2.21. The second-order valence-electron chi connectivity index (χ2n) is 2.71. The molecule has 1 unspecified atom stereocenters. The molecule has 0 saturated heterocycles. The minimum atomic E-state index is -2.87. The molecular formula is C8H8ClF2NO2S. The van der Waals surface area contributed by atoms with E-state index in [1.807, 2.05) is 0 Å². The Labute approximate surface area is 93.7 Å². The fourth-order valence-electron chi connectivity index (χ4n) is 0.822. The van der Waals surface area contributed by atoms with Crippen molar-refractivity contribution in [2.45, 2.75) is 12.5 Å². The normalized spacial score (nSPS) is 12.9. The maximum atomic E-state index is 11.9. The van der Waals surface area contributed by atoms with Gasteiger partial charge in [-0.3, -0.25) is 4.79 Å². The van der Waals surface area contributed by atoms with Gasteiger partial charge in [-0.05, 0) is 11.4 Å². The van der Waals surface area contributed by atoms with Crippen LogP contribution in [0, 0.1) is 0 Å². The number of alkyl halides is 2. The van der Waals surface area contributed by atoms with Gasteiger partial charge in [0.1, 0.15) is 11.0 Å². The quantitative estimate of drug-likeness (QED) is 0.861. The van der Waals surface area contributed by atoms with Gasteiger partial charge in [-0.2, -0.15) is 0 Å². The van der Waals surface area contributed by atoms with Gasteiger partial charge in [0.05, 0.1) is 5.02 Å². The van der Waals surface area contributed by atoms with E-state index < -0.39 is 25.0 Å². The molecule has 0 aliphatic carbocycles. The number of aliphatic hydroxyl groups is 1. The van der Waals surface area contributed by atoms with Crippen LogP contribution in [0.1, 0.15) is 9.67 Å². The summed E-state index contributed by atoms with van der Waals surface area (Å²) in [6, 6.07) is 1.53. The van der Waals surface area contributed by atoms with Crippen molar-refractivity contribution in [3.63, 3.8) is 0 Å². The number of carbonyl (C=O) groups excluding carboxylic acids is 1. The number of aliphatic hydroxyl groups excluding tert-OH is 1. The molecule has 1 heterocycles. The molecule has 0 radical (unpaired) electrons. The number of thiophene rings is 1. The first-order valence-corrected chi connectivity index (χ1v) is 5.25. The third-order valence-corrected chi connectivity index (χ3v) is 2.93. The zero-order valence-electron chi connectivity index (χ0n) is 7.41. The van der Waals surface area contributed by atoms with Gasteiger partial charge in [-0.25, -0.2) is 8.78 Å². The van der Waals surface area contributed by atoms with Crippen molar-refractivity contribution in [2.75, 3.05) is 6.54 Å². The number of rotatable bonds is 4. The van der Waals surface area contributed by atoms with E-state index in [4.69, 9.17) is 16.7 Å². The second kappa shape index (κ2) is 5.39. The van der Waals surface area contributed by atoms with E-state index in [1.54, 1.807) is 5.38 Å². The van der Waals surface area contributed by atoms with Crippen LogP contribution < -0.4 is 5.32 Å². The van der Waals surface area contributed by atoms with Crippen LogP contribution in [0.3, 0.4) is 0 Å². The van der Waals surface area contributed by atoms with Gasteiger partial charge in [0.15, 0.2) is 0 Å². The van der Waals surface area contributed by atoms with Crippen molar-refractivity contribution >= 4 is 28.8 Å². The number of amides is 1. The number of hydrogen-bond donors (Lipinski definition) is 2. The van der Waals surface area contributed by atoms with Gasteiger partial charge in [-0.15, -0.1) is 11.3 Å². The van der Waals surface area contributed by atoms with Crippen molar-refractivity contribution in [2.24, 2.45) is 0 Å². The van der Waals surface area contributed by atoms with Crippen LogP contribution in [0.2, 0.25) is 5.02 Å². The molecule has 1 rings (SSSR count). The molecule has 1 aromatic heterocycles. The molecule has 2 N–H and O–H groups in total. The Morgan fingerprint density at radius 3 is 2.80 bits per heavy atom. The van der Waals surface area contributed by atoms with E-state index >= 15 is 0 Å². The predicted octanol–water partition coefficient (Wildman–Crippen LogP) is 1.76. The molecular weight excluding hydrogens is 248 g/mol. The maximum absolute atomic E-state index is 11.9. The fraction of sp³-hybridized carbons (Fsp3) is 0.375. The molecule has 0 spiro atoms. The molecule has 1 amide bonds. The minimum Gasteiger partial charge on any atom is -0.385 e. The summed E-state index contributed by atoms with van der Waals surface area (Å²) in [5.41, 5.74) is 0. The number of halogens is 3. The lowest BCUT2D eigenvalue weighted by molar-refractivity contribution is -0.00267. The average molecular weight is 256 g/mol. The highest BCUT2D eigenvalue weighted by molar-refractivity contribution is 7.12. The van der Waals surface area contributed by atoms with Crippen LogP contribution in [0.4, 0.5) is 8.78 Å². The number of carbonyl (C=O) groups is 1. The Balaban J connectivity index is 2.47. The lowest BCUT2D eigenvalue weighted by Crippen LogP contribution is -2.35. The van der Waals surface area contributed by atoms with Gasteiger partial charge >= 0.3 is 0 Å². The van der Waals surface area contributed by atoms with E-state index in [0.717, 1.165) is 11.3 Å². The zero-order valence-corrected chi connectivity index (χ0v) is 8.99. The van der Waals surface area contributed by atoms with Crippen LogP contribution in [-0.4, -0.2) is 30.1 Å². The maximum Gasteiger partial charge on any atom is 0.265 e. The molecule has 0 aromatic carbocycles. The molecule has 84 valence electrons. The Kier molecular flexibility index (Phi) is 4.44. The van der Waals surface area contributed by atoms with E-state index in [2.05, 4.69) is 5.32 Å². The third kappa shape index (κ3) is 3.40. The van der Waals surface area contributed by atoms with Crippen molar-refractivity contribution in [1.29, 1.82) is 0 Å². The molecule has 0 saturated carbocycles. The lowest BCUT2D eigenvalue weighted by atomic mass is 10.3. The average Bonchev–Trinajstić information content (AvgIpc) is 2.60. The first kappa shape index (κ1) is 12.4. The van der Waals surface area contributed by atoms with Crippen molar-refractivity contribution in [1.82, 2.24) is 5.32 Å². The summed E-state index contributed by atoms with van der Waals surface area (Å²) in [4.78, 5) is 11.6. The van der Waals surface area contributed by atoms with Crippen molar-refractivity contribution in [3.05, 3.63) is 21.3 Å². The predicted molar refractivity (Wildman–Crippen MR) is 53.7 cm³/mol. The van der Waals surface area contributed by atoms with E-state index in [-0.39, 0.29) is 9.90 Å². The monoisotopic (exact) mass is 255 g/mol. The van der Waals surface area contributed by atoms with E-state index in [1.165, 1.54) is 6.07 Å². The highest BCUT2D eigenvalue weighted by Gasteiger charge is 2.19. The molecule has 1 atom stereocenters. The standard InChI is InChI=1S/C8H8ClF2NO2S/c9-4-1-2-15-6(4)8(14)12-3-5(13)7(10)11/h1-2,5,7,13H,3H2,(H,12,14). The molecule has 0 aliphatic rings. The summed E-state index contributed by atoms with van der Waals surface area (Å²) in [7, 11) is 0. The number of nitrogens with one attached hydrogen (secondary N) is 1. The topological polar surface area (TPSA) is 49.3 Å². The third-order valence-electron chi connectivity index (χ3n) is 1.59. The molecule has 7 heteroatoms. The summed E-state index contributed by atoms with van der Waals surface area (Å²) < 4.78 is 23.8. The Morgan fingerprint density at radius 1 is 1.67 bits per heavy atom. The molecule has 0 fully saturated rings. The number of hydrogen-bond acceptors (Lipinski definition) is 3. The van der Waals surface area contributed by atoms with Crippen LogP contribution in [0.15, 0.2) is 11.4 Å². The Morgan fingerprint density at radius 2 is 2.33 bits per heavy atom. The smallest absolute Gasteiger partial charge is 0.265 e. The minimum absolute atomic E-state index is 0.248. The van der Waals surface area contributed by atoms with Gasteiger partial charge in [0, 0.05) is 6.54 Å². The van der Waals surface area contributed by atoms with Gasteiger partial charge in [-0.1, -0.05) is 11.6 Å². The Bertz CT molecular complexity index is 345. The summed E-state index contributed by atoms with van der Waals surface area (Å²) in [5.74, 6) is -0.560. The molecule has 15 heavy (non-hydrogen) atoms. The van der Waals surface area contributed by atoms with Gasteiger partial charge < -0.3 is 10.4 Å². The van der Waals surface area contributed by atoms with E-state index in [0.29, 0.717) is 0 Å². The summed E-state index contributed by atoms with van der Waals surface area (Å²) >= 11 is 6.76. The van der Waals surface area contributed by atoms with Crippen LogP contribution in [-0.2, 0) is 0 Å². The SMILES string of the molecule is O=C(NCC(O)C(F)F)c1sccc1Cl. The highest BCUT2D eigenvalue weighted by atomic mass is 35.5. The molecule has 1 aromatic rings. The first-order chi connectivity index (χ1) is 7.02. The Hall–Kier alpha value is -0.720. The second-order valence-corrected chi connectivity index (χ2v) is 4.03. The first-order valence-electron chi connectivity index (χ1n) is 3.99. The van der Waals surface area contributed by atoms with Crippen molar-refractivity contribution in [3.8, 4) is 0 Å². The van der Waals surface area contributed by atoms with Gasteiger partial charge in [0.2, 0.25) is 0 Å². The van der Waals surface area contributed by atoms with Crippen LogP contribution in [0.25, 0.3) is 0 Å². The largest absolute Gasteiger partial charge is 0.385 e. The molecule has 0 bridgehead atoms. The zero-order chi connectivity index (χ0) is 11.4. The lowest BCUT2D eigenvalue weighted by Gasteiger charge is -2.09. The van der Waals surface area contributed by atoms with E-state index in [9.17, 15) is 13.6 Å². The van der Waals surface area contributed by atoms with Crippen LogP contribution >= 0.6 is 22.9 Å². The van der Waals surface area contributed by atoms with Crippen LogP contribution in [0.5, 0.6) is 0 Å². The molecule has 3 nitrogen and oxygen atoms in total.